The van der Waals surface area contributed by atoms with Crippen LogP contribution >= 0.6 is 27.5 Å². The molecule has 2 atom stereocenters. The fourth-order valence-corrected chi connectivity index (χ4v) is 5.87. The van der Waals surface area contributed by atoms with Crippen LogP contribution in [0.5, 0.6) is 0 Å². The summed E-state index contributed by atoms with van der Waals surface area (Å²) < 4.78 is 0. The summed E-state index contributed by atoms with van der Waals surface area (Å²) in [6.45, 7) is 0. The molecule has 0 saturated heterocycles. The summed E-state index contributed by atoms with van der Waals surface area (Å²) in [7, 11) is 0. The maximum Gasteiger partial charge on any atom is 0.0457 e. The first-order chi connectivity index (χ1) is 6.13. The quantitative estimate of drug-likeness (QED) is 0.628. The summed E-state index contributed by atoms with van der Waals surface area (Å²) >= 11 is 10.4. The lowest BCUT2D eigenvalue weighted by Crippen LogP contribution is -2.53. The smallest absolute Gasteiger partial charge is 0.0457 e. The predicted molar refractivity (Wildman–Crippen MR) is 59.5 cm³/mol. The zero-order valence-corrected chi connectivity index (χ0v) is 10.2. The van der Waals surface area contributed by atoms with Crippen LogP contribution in [0.3, 0.4) is 0 Å². The molecule has 4 saturated carbocycles. The van der Waals surface area contributed by atoms with Crippen molar-refractivity contribution < 1.29 is 0 Å². The lowest BCUT2D eigenvalue weighted by Gasteiger charge is -2.59. The van der Waals surface area contributed by atoms with Gasteiger partial charge < -0.3 is 0 Å². The van der Waals surface area contributed by atoms with Gasteiger partial charge in [0.15, 0.2) is 0 Å². The van der Waals surface area contributed by atoms with Gasteiger partial charge in [-0.2, -0.15) is 0 Å². The van der Waals surface area contributed by atoms with Crippen LogP contribution in [-0.4, -0.2) is 10.2 Å². The molecule has 0 nitrogen and oxygen atoms in total. The number of halogens is 2. The first kappa shape index (κ1) is 9.03. The van der Waals surface area contributed by atoms with Crippen LogP contribution in [0.15, 0.2) is 0 Å². The fraction of sp³-hybridized carbons (Fsp3) is 1.00. The first-order valence-electron chi connectivity index (χ1n) is 5.38. The van der Waals surface area contributed by atoms with Gasteiger partial charge in [0.2, 0.25) is 0 Å². The molecule has 0 heterocycles. The average molecular weight is 264 g/mol. The van der Waals surface area contributed by atoms with Gasteiger partial charge >= 0.3 is 0 Å². The Balaban J connectivity index is 1.95. The van der Waals surface area contributed by atoms with E-state index < -0.39 is 0 Å². The van der Waals surface area contributed by atoms with Crippen molar-refractivity contribution in [2.45, 2.75) is 43.4 Å². The Hall–Kier alpha value is 0.770. The second-order valence-corrected chi connectivity index (χ2v) is 7.11. The zero-order chi connectivity index (χ0) is 9.10. The predicted octanol–water partition coefficient (Wildman–Crippen LogP) is 3.96. The molecule has 0 amide bonds. The van der Waals surface area contributed by atoms with Crippen LogP contribution in [0.4, 0.5) is 0 Å². The van der Waals surface area contributed by atoms with E-state index in [1.54, 1.807) is 0 Å². The molecule has 0 aromatic heterocycles. The van der Waals surface area contributed by atoms with Crippen LogP contribution < -0.4 is 0 Å². The Bertz CT molecular complexity index is 224. The molecule has 74 valence electrons. The van der Waals surface area contributed by atoms with Gasteiger partial charge in [0.05, 0.1) is 0 Å². The normalized spacial score (nSPS) is 58.6. The Morgan fingerprint density at radius 1 is 1.15 bits per heavy atom. The lowest BCUT2D eigenvalue weighted by atomic mass is 9.50. The molecule has 4 bridgehead atoms. The molecule has 0 radical (unpaired) electrons. The van der Waals surface area contributed by atoms with Gasteiger partial charge in [0.1, 0.15) is 0 Å². The van der Waals surface area contributed by atoms with E-state index in [1.165, 1.54) is 43.9 Å². The average Bonchev–Trinajstić information content (AvgIpc) is 1.99. The highest BCUT2D eigenvalue weighted by Crippen LogP contribution is 2.64. The van der Waals surface area contributed by atoms with Crippen LogP contribution in [0.25, 0.3) is 0 Å². The molecule has 13 heavy (non-hydrogen) atoms. The molecular weight excluding hydrogens is 247 g/mol. The number of hydrogen-bond donors (Lipinski definition) is 0. The van der Waals surface area contributed by atoms with Crippen molar-refractivity contribution in [1.82, 2.24) is 0 Å². The van der Waals surface area contributed by atoms with Crippen LogP contribution in [0.2, 0.25) is 0 Å². The molecule has 2 unspecified atom stereocenters. The summed E-state index contributed by atoms with van der Waals surface area (Å²) in [6.07, 6.45) is 8.26. The molecular formula is C11H16BrCl. The van der Waals surface area contributed by atoms with E-state index in [0.29, 0.717) is 5.41 Å². The molecule has 4 fully saturated rings. The van der Waals surface area contributed by atoms with E-state index in [4.69, 9.17) is 11.6 Å². The highest BCUT2D eigenvalue weighted by atomic mass is 79.9. The Labute approximate surface area is 93.5 Å². The number of hydrogen-bond acceptors (Lipinski definition) is 0. The maximum atomic E-state index is 6.68. The summed E-state index contributed by atoms with van der Waals surface area (Å²) in [5, 5.41) is 1.18. The van der Waals surface area contributed by atoms with E-state index >= 15 is 0 Å². The van der Waals surface area contributed by atoms with Crippen molar-refractivity contribution in [3.05, 3.63) is 0 Å². The van der Waals surface area contributed by atoms with Gasteiger partial charge in [-0.15, -0.1) is 11.6 Å². The summed E-state index contributed by atoms with van der Waals surface area (Å²) in [5.41, 5.74) is 0.589. The van der Waals surface area contributed by atoms with E-state index in [0.717, 1.165) is 11.8 Å². The monoisotopic (exact) mass is 262 g/mol. The van der Waals surface area contributed by atoms with Crippen LogP contribution in [-0.2, 0) is 0 Å². The highest BCUT2D eigenvalue weighted by Gasteiger charge is 2.56. The Kier molecular flexibility index (Phi) is 1.85. The van der Waals surface area contributed by atoms with Crippen LogP contribution in [0, 0.1) is 17.3 Å². The Morgan fingerprint density at radius 3 is 2.23 bits per heavy atom. The molecule has 4 rings (SSSR count). The summed E-state index contributed by atoms with van der Waals surface area (Å²) in [4.78, 5) is 0.206. The van der Waals surface area contributed by atoms with Crippen molar-refractivity contribution in [1.29, 1.82) is 0 Å². The third-order valence-corrected chi connectivity index (χ3v) is 6.03. The molecule has 0 aromatic carbocycles. The molecule has 2 heteroatoms. The molecule has 0 aromatic rings. The van der Waals surface area contributed by atoms with E-state index in [1.807, 2.05) is 0 Å². The molecule has 0 aliphatic heterocycles. The fourth-order valence-electron chi connectivity index (χ4n) is 4.49. The SMILES string of the molecule is ClC12CC3CC(C1)CC(CBr)(C3)C2. The van der Waals surface area contributed by atoms with Gasteiger partial charge in [-0.3, -0.25) is 0 Å². The molecule has 0 N–H and O–H groups in total. The van der Waals surface area contributed by atoms with Gasteiger partial charge in [0, 0.05) is 10.2 Å². The van der Waals surface area contributed by atoms with Crippen molar-refractivity contribution in [3.8, 4) is 0 Å². The lowest BCUT2D eigenvalue weighted by molar-refractivity contribution is -0.0242. The van der Waals surface area contributed by atoms with E-state index in [9.17, 15) is 0 Å². The second-order valence-electron chi connectivity index (χ2n) is 5.75. The third-order valence-electron chi connectivity index (χ3n) is 4.39. The van der Waals surface area contributed by atoms with Crippen molar-refractivity contribution >= 4 is 27.5 Å². The second kappa shape index (κ2) is 2.66. The van der Waals surface area contributed by atoms with Crippen molar-refractivity contribution in [2.24, 2.45) is 17.3 Å². The number of rotatable bonds is 1. The van der Waals surface area contributed by atoms with Gasteiger partial charge in [0.25, 0.3) is 0 Å². The zero-order valence-electron chi connectivity index (χ0n) is 7.86. The summed E-state index contributed by atoms with van der Waals surface area (Å²) in [6, 6.07) is 0. The Morgan fingerprint density at radius 2 is 1.77 bits per heavy atom. The van der Waals surface area contributed by atoms with E-state index in [2.05, 4.69) is 15.9 Å². The minimum atomic E-state index is 0.206. The topological polar surface area (TPSA) is 0 Å². The standard InChI is InChI=1S/C11H16BrCl/c12-7-10-2-8-1-9(3-10)5-11(13,4-8)6-10/h8-9H,1-7H2. The number of alkyl halides is 2. The van der Waals surface area contributed by atoms with Gasteiger partial charge in [-0.25, -0.2) is 0 Å². The first-order valence-corrected chi connectivity index (χ1v) is 6.88. The molecule has 4 aliphatic rings. The third kappa shape index (κ3) is 1.30. The minimum absolute atomic E-state index is 0.206. The summed E-state index contributed by atoms with van der Waals surface area (Å²) in [5.74, 6) is 1.91. The van der Waals surface area contributed by atoms with E-state index in [-0.39, 0.29) is 4.87 Å². The van der Waals surface area contributed by atoms with Crippen molar-refractivity contribution in [2.75, 3.05) is 5.33 Å². The largest absolute Gasteiger partial charge is 0.119 e. The molecule has 4 aliphatic carbocycles. The molecule has 0 spiro atoms. The highest BCUT2D eigenvalue weighted by molar-refractivity contribution is 9.09. The van der Waals surface area contributed by atoms with Crippen molar-refractivity contribution in [3.63, 3.8) is 0 Å². The van der Waals surface area contributed by atoms with Gasteiger partial charge in [-0.1, -0.05) is 15.9 Å². The maximum absolute atomic E-state index is 6.68. The van der Waals surface area contributed by atoms with Crippen LogP contribution in [0.1, 0.15) is 38.5 Å². The minimum Gasteiger partial charge on any atom is -0.119 e. The van der Waals surface area contributed by atoms with Gasteiger partial charge in [-0.05, 0) is 55.8 Å².